The lowest BCUT2D eigenvalue weighted by atomic mass is 9.82. The van der Waals surface area contributed by atoms with Gasteiger partial charge in [-0.05, 0) is 29.8 Å². The first-order valence-corrected chi connectivity index (χ1v) is 10.7. The number of hydrogen-bond acceptors (Lipinski definition) is 2. The van der Waals surface area contributed by atoms with E-state index < -0.39 is 5.92 Å². The number of amides is 1. The Bertz CT molecular complexity index is 1960. The maximum absolute atomic E-state index is 14.0. The van der Waals surface area contributed by atoms with Gasteiger partial charge in [0.15, 0.2) is 0 Å². The Hall–Kier alpha value is -4.38. The number of nitrogens with zero attached hydrogens (tertiary/aromatic N) is 2. The summed E-state index contributed by atoms with van der Waals surface area (Å²) in [6.45, 7) is 0. The Morgan fingerprint density at radius 3 is 2.00 bits per heavy atom. The minimum absolute atomic E-state index is 0.0227. The highest BCUT2D eigenvalue weighted by Crippen LogP contribution is 2.51. The summed E-state index contributed by atoms with van der Waals surface area (Å²) < 4.78 is 4.03. The van der Waals surface area contributed by atoms with Crippen molar-refractivity contribution in [3.63, 3.8) is 0 Å². The molecule has 1 aliphatic carbocycles. The van der Waals surface area contributed by atoms with Gasteiger partial charge in [-0.3, -0.25) is 14.0 Å². The zero-order valence-electron chi connectivity index (χ0n) is 16.8. The van der Waals surface area contributed by atoms with Crippen LogP contribution in [0.15, 0.2) is 83.8 Å². The molecule has 2 aliphatic rings. The average Bonchev–Trinajstić information content (AvgIpc) is 3.46. The van der Waals surface area contributed by atoms with Crippen molar-refractivity contribution >= 4 is 55.2 Å². The number of carbonyl (C=O) groups excluding carboxylic acids is 1. The van der Waals surface area contributed by atoms with Crippen molar-refractivity contribution in [3.05, 3.63) is 100 Å². The molecule has 32 heavy (non-hydrogen) atoms. The molecule has 0 saturated carbocycles. The lowest BCUT2D eigenvalue weighted by molar-refractivity contribution is -0.119. The number of para-hydroxylation sites is 3. The largest absolute Gasteiger partial charge is 0.332 e. The summed E-state index contributed by atoms with van der Waals surface area (Å²) in [6, 6.07) is 23.9. The SMILES string of the molecule is O=C1NC=C2c3c4ccccc4n4c(=O)c5ccccc5n5c6ccccc6c(c5c34)C12. The van der Waals surface area contributed by atoms with Crippen LogP contribution < -0.4 is 10.9 Å². The van der Waals surface area contributed by atoms with E-state index in [2.05, 4.69) is 21.9 Å². The molecule has 150 valence electrons. The summed E-state index contributed by atoms with van der Waals surface area (Å²) in [5, 5.41) is 5.64. The predicted molar refractivity (Wildman–Crippen MR) is 126 cm³/mol. The average molecular weight is 413 g/mol. The zero-order valence-corrected chi connectivity index (χ0v) is 16.8. The van der Waals surface area contributed by atoms with Gasteiger partial charge in [0.25, 0.3) is 5.56 Å². The van der Waals surface area contributed by atoms with Crippen LogP contribution in [0.5, 0.6) is 0 Å². The summed E-state index contributed by atoms with van der Waals surface area (Å²) >= 11 is 0. The van der Waals surface area contributed by atoms with Crippen LogP contribution in [-0.2, 0) is 4.79 Å². The molecule has 0 radical (unpaired) electrons. The van der Waals surface area contributed by atoms with E-state index in [1.165, 1.54) is 0 Å². The first-order valence-electron chi connectivity index (χ1n) is 10.7. The van der Waals surface area contributed by atoms with E-state index in [9.17, 15) is 9.59 Å². The van der Waals surface area contributed by atoms with Crippen LogP contribution in [0.25, 0.3) is 49.3 Å². The van der Waals surface area contributed by atoms with Gasteiger partial charge in [-0.2, -0.15) is 0 Å². The zero-order chi connectivity index (χ0) is 21.1. The fourth-order valence-corrected chi connectivity index (χ4v) is 5.94. The van der Waals surface area contributed by atoms with Gasteiger partial charge in [-0.15, -0.1) is 0 Å². The standard InChI is InChI=1S/C27H15N3O2/c31-26-23-17(13-28-26)21-14-7-1-5-11-19(14)30-24(21)25-22(23)15-8-2-4-10-18(15)29(25)20-12-6-3-9-16(20)27(30)32/h1-13,23H,(H,28,31). The summed E-state index contributed by atoms with van der Waals surface area (Å²) in [6.07, 6.45) is 1.83. The van der Waals surface area contributed by atoms with Gasteiger partial charge >= 0.3 is 0 Å². The molecule has 0 bridgehead atoms. The third kappa shape index (κ3) is 1.63. The molecule has 3 aromatic carbocycles. The molecule has 1 atom stereocenters. The summed E-state index contributed by atoms with van der Waals surface area (Å²) in [7, 11) is 0. The van der Waals surface area contributed by atoms with Crippen LogP contribution in [0.2, 0.25) is 0 Å². The monoisotopic (exact) mass is 413 g/mol. The van der Waals surface area contributed by atoms with Gasteiger partial charge in [0.1, 0.15) is 0 Å². The second-order valence-corrected chi connectivity index (χ2v) is 8.55. The predicted octanol–water partition coefficient (Wildman–Crippen LogP) is 4.58. The quantitative estimate of drug-likeness (QED) is 0.396. The molecule has 1 amide bonds. The lowest BCUT2D eigenvalue weighted by Gasteiger charge is -2.18. The molecule has 1 unspecified atom stereocenters. The van der Waals surface area contributed by atoms with Crippen LogP contribution in [0.1, 0.15) is 17.0 Å². The van der Waals surface area contributed by atoms with E-state index in [0.29, 0.717) is 5.39 Å². The van der Waals surface area contributed by atoms with Crippen LogP contribution >= 0.6 is 0 Å². The molecular formula is C27H15N3O2. The molecule has 3 aromatic heterocycles. The van der Waals surface area contributed by atoms with Crippen molar-refractivity contribution in [2.45, 2.75) is 5.92 Å². The van der Waals surface area contributed by atoms with Crippen molar-refractivity contribution in [2.24, 2.45) is 0 Å². The Kier molecular flexibility index (Phi) is 2.69. The first kappa shape index (κ1) is 16.3. The number of benzene rings is 3. The number of aromatic nitrogens is 2. The third-order valence-electron chi connectivity index (χ3n) is 7.11. The molecule has 8 rings (SSSR count). The smallest absolute Gasteiger partial charge is 0.265 e. The molecule has 0 saturated heterocycles. The maximum Gasteiger partial charge on any atom is 0.265 e. The Balaban J connectivity index is 1.89. The van der Waals surface area contributed by atoms with E-state index in [-0.39, 0.29) is 11.5 Å². The highest BCUT2D eigenvalue weighted by Gasteiger charge is 2.41. The highest BCUT2D eigenvalue weighted by atomic mass is 16.2. The van der Waals surface area contributed by atoms with Crippen LogP contribution in [0, 0.1) is 0 Å². The van der Waals surface area contributed by atoms with Gasteiger partial charge in [0.2, 0.25) is 5.91 Å². The number of rotatable bonds is 0. The van der Waals surface area contributed by atoms with Crippen molar-refractivity contribution in [1.82, 2.24) is 14.1 Å². The Labute approximate surface area is 180 Å². The number of hydrogen-bond donors (Lipinski definition) is 1. The molecule has 5 nitrogen and oxygen atoms in total. The van der Waals surface area contributed by atoms with E-state index in [4.69, 9.17) is 0 Å². The van der Waals surface area contributed by atoms with E-state index in [0.717, 1.165) is 55.1 Å². The highest BCUT2D eigenvalue weighted by molar-refractivity contribution is 6.22. The van der Waals surface area contributed by atoms with Crippen molar-refractivity contribution in [3.8, 4) is 0 Å². The van der Waals surface area contributed by atoms with E-state index in [1.807, 2.05) is 71.3 Å². The van der Waals surface area contributed by atoms with Crippen LogP contribution in [-0.4, -0.2) is 14.7 Å². The summed E-state index contributed by atoms with van der Waals surface area (Å²) in [5.41, 5.74) is 7.37. The van der Waals surface area contributed by atoms with Gasteiger partial charge in [-0.1, -0.05) is 48.5 Å². The van der Waals surface area contributed by atoms with Crippen molar-refractivity contribution < 1.29 is 4.79 Å². The van der Waals surface area contributed by atoms with E-state index >= 15 is 0 Å². The fourth-order valence-electron chi connectivity index (χ4n) is 5.94. The number of carbonyl (C=O) groups is 1. The summed E-state index contributed by atoms with van der Waals surface area (Å²) in [5.74, 6) is -0.422. The number of fused-ring (bicyclic) bond motifs is 11. The molecule has 1 N–H and O–H groups in total. The molecule has 1 aliphatic heterocycles. The van der Waals surface area contributed by atoms with Gasteiger partial charge in [-0.25, -0.2) is 0 Å². The molecule has 0 fully saturated rings. The molecule has 0 spiro atoms. The maximum atomic E-state index is 14.0. The van der Waals surface area contributed by atoms with Crippen molar-refractivity contribution in [1.29, 1.82) is 0 Å². The molecular weight excluding hydrogens is 398 g/mol. The van der Waals surface area contributed by atoms with Crippen LogP contribution in [0.3, 0.4) is 0 Å². The third-order valence-corrected chi connectivity index (χ3v) is 7.11. The van der Waals surface area contributed by atoms with Gasteiger partial charge in [0, 0.05) is 28.1 Å². The number of nitrogens with one attached hydrogen (secondary N) is 1. The normalized spacial score (nSPS) is 17.1. The molecule has 6 aromatic rings. The lowest BCUT2D eigenvalue weighted by Crippen LogP contribution is -2.19. The van der Waals surface area contributed by atoms with Crippen molar-refractivity contribution in [2.75, 3.05) is 0 Å². The molecule has 4 heterocycles. The van der Waals surface area contributed by atoms with Gasteiger partial charge in [0.05, 0.1) is 38.9 Å². The second kappa shape index (κ2) is 5.26. The first-order chi connectivity index (χ1) is 15.8. The van der Waals surface area contributed by atoms with Gasteiger partial charge < -0.3 is 9.72 Å². The Morgan fingerprint density at radius 1 is 0.656 bits per heavy atom. The summed E-state index contributed by atoms with van der Waals surface area (Å²) in [4.78, 5) is 27.1. The second-order valence-electron chi connectivity index (χ2n) is 8.55. The van der Waals surface area contributed by atoms with Crippen LogP contribution in [0.4, 0.5) is 0 Å². The minimum atomic E-state index is -0.400. The Morgan fingerprint density at radius 2 is 1.25 bits per heavy atom. The minimum Gasteiger partial charge on any atom is -0.332 e. The van der Waals surface area contributed by atoms with E-state index in [1.54, 1.807) is 0 Å². The topological polar surface area (TPSA) is 55.0 Å². The molecule has 5 heteroatoms. The fraction of sp³-hybridized carbons (Fsp3) is 0.0370.